The topological polar surface area (TPSA) is 66.6 Å². The summed E-state index contributed by atoms with van der Waals surface area (Å²) in [7, 11) is 0. The minimum atomic E-state index is -0.856. The Hall–Kier alpha value is -1.52. The molecular formula is C8H10N2O3. The first-order chi connectivity index (χ1) is 6.27. The Morgan fingerprint density at radius 1 is 1.77 bits per heavy atom. The summed E-state index contributed by atoms with van der Waals surface area (Å²) in [5.74, 6) is -0.856. The summed E-state index contributed by atoms with van der Waals surface area (Å²) in [6.07, 6.45) is 5.02. The van der Waals surface area contributed by atoms with E-state index in [1.54, 1.807) is 4.90 Å². The Morgan fingerprint density at radius 3 is 3.00 bits per heavy atom. The number of hydrogen-bond acceptors (Lipinski definition) is 4. The Morgan fingerprint density at radius 2 is 2.54 bits per heavy atom. The summed E-state index contributed by atoms with van der Waals surface area (Å²) in [5, 5.41) is 8.65. The molecule has 1 heterocycles. The number of hydrogen-bond donors (Lipinski definition) is 1. The van der Waals surface area contributed by atoms with Gasteiger partial charge in [0.25, 0.3) is 6.01 Å². The van der Waals surface area contributed by atoms with Gasteiger partial charge in [0.05, 0.1) is 6.20 Å². The molecule has 0 aromatic carbocycles. The van der Waals surface area contributed by atoms with E-state index in [1.165, 1.54) is 12.5 Å². The molecule has 0 atom stereocenters. The average Bonchev–Trinajstić information content (AvgIpc) is 2.77. The van der Waals surface area contributed by atoms with Crippen molar-refractivity contribution < 1.29 is 14.3 Å². The number of oxazole rings is 1. The zero-order chi connectivity index (χ0) is 9.26. The molecular weight excluding hydrogens is 172 g/mol. The number of aliphatic carboxylic acids is 1. The van der Waals surface area contributed by atoms with Crippen LogP contribution >= 0.6 is 0 Å². The van der Waals surface area contributed by atoms with Crippen LogP contribution in [0.2, 0.25) is 0 Å². The molecule has 0 aliphatic heterocycles. The number of carboxylic acids is 1. The van der Waals surface area contributed by atoms with E-state index in [-0.39, 0.29) is 6.54 Å². The van der Waals surface area contributed by atoms with Gasteiger partial charge >= 0.3 is 5.97 Å². The molecule has 0 unspecified atom stereocenters. The van der Waals surface area contributed by atoms with Gasteiger partial charge in [-0.05, 0) is 12.8 Å². The number of carboxylic acid groups (broad SMARTS) is 1. The maximum Gasteiger partial charge on any atom is 0.323 e. The molecule has 70 valence electrons. The van der Waals surface area contributed by atoms with Crippen LogP contribution < -0.4 is 4.90 Å². The van der Waals surface area contributed by atoms with E-state index >= 15 is 0 Å². The Bertz CT molecular complexity index is 292. The highest BCUT2D eigenvalue weighted by Gasteiger charge is 2.32. The number of carbonyl (C=O) groups is 1. The third-order valence-electron chi connectivity index (χ3n) is 1.96. The van der Waals surface area contributed by atoms with Gasteiger partial charge in [-0.25, -0.2) is 4.98 Å². The van der Waals surface area contributed by atoms with Gasteiger partial charge in [-0.15, -0.1) is 0 Å². The summed E-state index contributed by atoms with van der Waals surface area (Å²) in [4.78, 5) is 16.1. The van der Waals surface area contributed by atoms with Crippen molar-refractivity contribution in [2.45, 2.75) is 18.9 Å². The minimum absolute atomic E-state index is 0.0365. The third kappa shape index (κ3) is 1.80. The highest BCUT2D eigenvalue weighted by Crippen LogP contribution is 2.30. The minimum Gasteiger partial charge on any atom is -0.480 e. The van der Waals surface area contributed by atoms with Crippen molar-refractivity contribution in [1.29, 1.82) is 0 Å². The van der Waals surface area contributed by atoms with Crippen LogP contribution in [0.4, 0.5) is 6.01 Å². The number of rotatable bonds is 4. The summed E-state index contributed by atoms with van der Waals surface area (Å²) >= 11 is 0. The standard InChI is InChI=1S/C8H10N2O3/c11-7(12)5-10(6-1-2-6)8-9-3-4-13-8/h3-4,6H,1-2,5H2,(H,11,12). The molecule has 5 heteroatoms. The van der Waals surface area contributed by atoms with Crippen LogP contribution in [-0.2, 0) is 4.79 Å². The van der Waals surface area contributed by atoms with Crippen molar-refractivity contribution in [3.8, 4) is 0 Å². The molecule has 1 fully saturated rings. The lowest BCUT2D eigenvalue weighted by molar-refractivity contribution is -0.135. The van der Waals surface area contributed by atoms with E-state index in [2.05, 4.69) is 4.98 Å². The van der Waals surface area contributed by atoms with Gasteiger partial charge in [0.15, 0.2) is 0 Å². The zero-order valence-electron chi connectivity index (χ0n) is 7.01. The molecule has 13 heavy (non-hydrogen) atoms. The van der Waals surface area contributed by atoms with Crippen molar-refractivity contribution >= 4 is 12.0 Å². The first-order valence-electron chi connectivity index (χ1n) is 4.15. The Kier molecular flexibility index (Phi) is 1.92. The molecule has 0 spiro atoms. The molecule has 0 bridgehead atoms. The van der Waals surface area contributed by atoms with Crippen LogP contribution in [0.15, 0.2) is 16.9 Å². The van der Waals surface area contributed by atoms with E-state index in [1.807, 2.05) is 0 Å². The van der Waals surface area contributed by atoms with Crippen LogP contribution in [0.1, 0.15) is 12.8 Å². The van der Waals surface area contributed by atoms with Gasteiger partial charge in [-0.1, -0.05) is 0 Å². The summed E-state index contributed by atoms with van der Waals surface area (Å²) in [6, 6.07) is 0.708. The number of nitrogens with zero attached hydrogens (tertiary/aromatic N) is 2. The van der Waals surface area contributed by atoms with Gasteiger partial charge in [0.1, 0.15) is 12.8 Å². The van der Waals surface area contributed by atoms with Gasteiger partial charge in [0, 0.05) is 6.04 Å². The van der Waals surface area contributed by atoms with E-state index < -0.39 is 5.97 Å². The highest BCUT2D eigenvalue weighted by molar-refractivity contribution is 5.72. The second-order valence-electron chi connectivity index (χ2n) is 3.07. The first kappa shape index (κ1) is 8.10. The van der Waals surface area contributed by atoms with Crippen molar-refractivity contribution in [2.24, 2.45) is 0 Å². The largest absolute Gasteiger partial charge is 0.480 e. The zero-order valence-corrected chi connectivity index (χ0v) is 7.01. The lowest BCUT2D eigenvalue weighted by Crippen LogP contribution is -2.31. The van der Waals surface area contributed by atoms with Crippen LogP contribution in [0, 0.1) is 0 Å². The summed E-state index contributed by atoms with van der Waals surface area (Å²) < 4.78 is 5.05. The first-order valence-corrected chi connectivity index (χ1v) is 4.15. The van der Waals surface area contributed by atoms with Crippen molar-refractivity contribution in [1.82, 2.24) is 4.98 Å². The van der Waals surface area contributed by atoms with Crippen molar-refractivity contribution in [3.05, 3.63) is 12.5 Å². The lowest BCUT2D eigenvalue weighted by atomic mass is 10.5. The van der Waals surface area contributed by atoms with Gasteiger partial charge in [-0.2, -0.15) is 0 Å². The monoisotopic (exact) mass is 182 g/mol. The third-order valence-corrected chi connectivity index (χ3v) is 1.96. The molecule has 0 amide bonds. The fourth-order valence-corrected chi connectivity index (χ4v) is 1.24. The maximum absolute atomic E-state index is 10.5. The summed E-state index contributed by atoms with van der Waals surface area (Å²) in [6.45, 7) is -0.0365. The lowest BCUT2D eigenvalue weighted by Gasteiger charge is -2.16. The fraction of sp³-hybridized carbons (Fsp3) is 0.500. The Labute approximate surface area is 75.0 Å². The predicted octanol–water partition coefficient (Wildman–Crippen LogP) is 0.728. The molecule has 1 N–H and O–H groups in total. The van der Waals surface area contributed by atoms with Crippen LogP contribution in [0.25, 0.3) is 0 Å². The second kappa shape index (κ2) is 3.08. The second-order valence-corrected chi connectivity index (χ2v) is 3.07. The Balaban J connectivity index is 2.09. The fourth-order valence-electron chi connectivity index (χ4n) is 1.24. The van der Waals surface area contributed by atoms with E-state index in [9.17, 15) is 4.79 Å². The number of anilines is 1. The summed E-state index contributed by atoms with van der Waals surface area (Å²) in [5.41, 5.74) is 0. The molecule has 0 radical (unpaired) electrons. The predicted molar refractivity (Wildman–Crippen MR) is 44.5 cm³/mol. The van der Waals surface area contributed by atoms with Crippen molar-refractivity contribution in [3.63, 3.8) is 0 Å². The molecule has 5 nitrogen and oxygen atoms in total. The SMILES string of the molecule is O=C(O)CN(c1ncco1)C1CC1. The molecule has 1 aromatic heterocycles. The molecule has 2 rings (SSSR count). The van der Waals surface area contributed by atoms with E-state index in [4.69, 9.17) is 9.52 Å². The van der Waals surface area contributed by atoms with Gasteiger partial charge in [-0.3, -0.25) is 4.79 Å². The van der Waals surface area contributed by atoms with Gasteiger partial charge in [0.2, 0.25) is 0 Å². The van der Waals surface area contributed by atoms with Crippen molar-refractivity contribution in [2.75, 3.05) is 11.4 Å². The molecule has 0 saturated heterocycles. The van der Waals surface area contributed by atoms with Gasteiger partial charge < -0.3 is 14.4 Å². The molecule has 1 aromatic rings. The van der Waals surface area contributed by atoms with E-state index in [0.29, 0.717) is 12.1 Å². The number of aromatic nitrogens is 1. The molecule has 1 aliphatic rings. The van der Waals surface area contributed by atoms with Crippen LogP contribution in [0.3, 0.4) is 0 Å². The quantitative estimate of drug-likeness (QED) is 0.743. The maximum atomic E-state index is 10.5. The molecule has 1 saturated carbocycles. The van der Waals surface area contributed by atoms with Crippen LogP contribution in [-0.4, -0.2) is 28.6 Å². The highest BCUT2D eigenvalue weighted by atomic mass is 16.4. The smallest absolute Gasteiger partial charge is 0.323 e. The van der Waals surface area contributed by atoms with Crippen LogP contribution in [0.5, 0.6) is 0 Å². The molecule has 1 aliphatic carbocycles. The average molecular weight is 182 g/mol. The normalized spacial score (nSPS) is 15.7. The van der Waals surface area contributed by atoms with E-state index in [0.717, 1.165) is 12.8 Å².